The van der Waals surface area contributed by atoms with Gasteiger partial charge in [-0.3, -0.25) is 4.84 Å². The van der Waals surface area contributed by atoms with E-state index in [9.17, 15) is 0 Å². The largest absolute Gasteiger partial charge is 0.298 e. The first-order valence-electron chi connectivity index (χ1n) is 8.32. The molecule has 1 aliphatic heterocycles. The highest BCUT2D eigenvalue weighted by molar-refractivity contribution is 4.95. The van der Waals surface area contributed by atoms with Crippen molar-refractivity contribution >= 4 is 0 Å². The summed E-state index contributed by atoms with van der Waals surface area (Å²) in [7, 11) is 0. The molecule has 0 aromatic rings. The van der Waals surface area contributed by atoms with Gasteiger partial charge in [0.15, 0.2) is 0 Å². The minimum Gasteiger partial charge on any atom is -0.298 e. The summed E-state index contributed by atoms with van der Waals surface area (Å²) in [5, 5.41) is 2.25. The second kappa shape index (κ2) is 7.64. The van der Waals surface area contributed by atoms with Gasteiger partial charge in [-0.05, 0) is 38.5 Å². The first kappa shape index (κ1) is 17.0. The Balaban J connectivity index is 2.21. The third-order valence-electron chi connectivity index (χ3n) is 5.19. The van der Waals surface area contributed by atoms with Crippen molar-refractivity contribution in [2.45, 2.75) is 91.5 Å². The maximum absolute atomic E-state index is 6.07. The summed E-state index contributed by atoms with van der Waals surface area (Å²) in [5.74, 6) is 0. The van der Waals surface area contributed by atoms with E-state index in [1.165, 1.54) is 51.4 Å². The molecule has 0 aromatic carbocycles. The standard InChI is InChI=1S/C17H35NO/c1-6-7-8-9-10-11-15-19-18-14-12-13-16(2,3)17(18,4)5/h6-15H2,1-5H3. The van der Waals surface area contributed by atoms with Crippen molar-refractivity contribution < 1.29 is 4.84 Å². The van der Waals surface area contributed by atoms with Crippen LogP contribution in [0.3, 0.4) is 0 Å². The summed E-state index contributed by atoms with van der Waals surface area (Å²) in [4.78, 5) is 6.07. The van der Waals surface area contributed by atoms with Gasteiger partial charge in [0.2, 0.25) is 0 Å². The predicted octanol–water partition coefficient (Wildman–Crippen LogP) is 5.18. The van der Waals surface area contributed by atoms with Gasteiger partial charge in [0.1, 0.15) is 0 Å². The molecule has 0 spiro atoms. The zero-order valence-electron chi connectivity index (χ0n) is 13.9. The number of piperidine rings is 1. The summed E-state index contributed by atoms with van der Waals surface area (Å²) in [5.41, 5.74) is 0.486. The van der Waals surface area contributed by atoms with Crippen LogP contribution in [0.15, 0.2) is 0 Å². The molecular weight excluding hydrogens is 234 g/mol. The van der Waals surface area contributed by atoms with Gasteiger partial charge in [0.25, 0.3) is 0 Å². The maximum atomic E-state index is 6.07. The molecule has 1 aliphatic rings. The molecule has 2 heteroatoms. The van der Waals surface area contributed by atoms with Crippen LogP contribution in [-0.4, -0.2) is 23.8 Å². The lowest BCUT2D eigenvalue weighted by Crippen LogP contribution is -2.57. The van der Waals surface area contributed by atoms with E-state index in [-0.39, 0.29) is 5.54 Å². The topological polar surface area (TPSA) is 12.5 Å². The van der Waals surface area contributed by atoms with Crippen molar-refractivity contribution in [1.82, 2.24) is 5.06 Å². The Labute approximate surface area is 120 Å². The van der Waals surface area contributed by atoms with Crippen LogP contribution in [0, 0.1) is 5.41 Å². The molecule has 0 aromatic heterocycles. The van der Waals surface area contributed by atoms with E-state index in [1.54, 1.807) is 0 Å². The molecule has 0 saturated carbocycles. The van der Waals surface area contributed by atoms with Crippen LogP contribution < -0.4 is 0 Å². The highest BCUT2D eigenvalue weighted by Gasteiger charge is 2.45. The fourth-order valence-corrected chi connectivity index (χ4v) is 2.87. The number of rotatable bonds is 8. The van der Waals surface area contributed by atoms with Gasteiger partial charge in [-0.15, -0.1) is 0 Å². The molecular formula is C17H35NO. The quantitative estimate of drug-likeness (QED) is 0.563. The molecule has 0 radical (unpaired) electrons. The monoisotopic (exact) mass is 269 g/mol. The number of hydroxylamine groups is 2. The Morgan fingerprint density at radius 2 is 1.58 bits per heavy atom. The van der Waals surface area contributed by atoms with E-state index in [2.05, 4.69) is 39.7 Å². The maximum Gasteiger partial charge on any atom is 0.0685 e. The van der Waals surface area contributed by atoms with E-state index < -0.39 is 0 Å². The normalized spacial score (nSPS) is 22.6. The Morgan fingerprint density at radius 1 is 0.947 bits per heavy atom. The molecule has 0 atom stereocenters. The number of unbranched alkanes of at least 4 members (excludes halogenated alkanes) is 5. The molecule has 0 N–H and O–H groups in total. The van der Waals surface area contributed by atoms with Gasteiger partial charge >= 0.3 is 0 Å². The van der Waals surface area contributed by atoms with Crippen LogP contribution in [0.1, 0.15) is 86.0 Å². The summed E-state index contributed by atoms with van der Waals surface area (Å²) < 4.78 is 0. The zero-order chi connectivity index (χ0) is 14.4. The lowest BCUT2D eigenvalue weighted by atomic mass is 9.69. The van der Waals surface area contributed by atoms with Gasteiger partial charge in [-0.2, -0.15) is 5.06 Å². The SMILES string of the molecule is CCCCCCCCON1CCCC(C)(C)C1(C)C. The molecule has 114 valence electrons. The first-order chi connectivity index (χ1) is 8.92. The molecule has 0 bridgehead atoms. The van der Waals surface area contributed by atoms with Crippen molar-refractivity contribution in [3.63, 3.8) is 0 Å². The Bertz CT molecular complexity index is 248. The van der Waals surface area contributed by atoms with E-state index in [4.69, 9.17) is 4.84 Å². The van der Waals surface area contributed by atoms with Gasteiger partial charge < -0.3 is 0 Å². The minimum atomic E-state index is 0.146. The third kappa shape index (κ3) is 4.75. The molecule has 0 unspecified atom stereocenters. The van der Waals surface area contributed by atoms with E-state index in [0.29, 0.717) is 5.41 Å². The van der Waals surface area contributed by atoms with Crippen LogP contribution in [0.4, 0.5) is 0 Å². The van der Waals surface area contributed by atoms with Crippen molar-refractivity contribution in [2.24, 2.45) is 5.41 Å². The Kier molecular flexibility index (Phi) is 6.82. The second-order valence-electron chi connectivity index (χ2n) is 7.25. The summed E-state index contributed by atoms with van der Waals surface area (Å²) >= 11 is 0. The summed E-state index contributed by atoms with van der Waals surface area (Å²) in [6, 6.07) is 0. The van der Waals surface area contributed by atoms with Crippen molar-refractivity contribution in [3.8, 4) is 0 Å². The van der Waals surface area contributed by atoms with Crippen molar-refractivity contribution in [2.75, 3.05) is 13.2 Å². The Morgan fingerprint density at radius 3 is 2.26 bits per heavy atom. The molecule has 0 aliphatic carbocycles. The molecule has 1 heterocycles. The smallest absolute Gasteiger partial charge is 0.0685 e. The molecule has 1 rings (SSSR count). The molecule has 19 heavy (non-hydrogen) atoms. The Hall–Kier alpha value is -0.0800. The third-order valence-corrected chi connectivity index (χ3v) is 5.19. The van der Waals surface area contributed by atoms with Crippen LogP contribution in [0.25, 0.3) is 0 Å². The first-order valence-corrected chi connectivity index (χ1v) is 8.32. The van der Waals surface area contributed by atoms with Crippen molar-refractivity contribution in [1.29, 1.82) is 0 Å². The number of hydrogen-bond donors (Lipinski definition) is 0. The van der Waals surface area contributed by atoms with Crippen LogP contribution in [0.2, 0.25) is 0 Å². The van der Waals surface area contributed by atoms with E-state index in [1.807, 2.05) is 0 Å². The van der Waals surface area contributed by atoms with Crippen LogP contribution in [-0.2, 0) is 4.84 Å². The van der Waals surface area contributed by atoms with Gasteiger partial charge in [-0.25, -0.2) is 0 Å². The number of hydrogen-bond acceptors (Lipinski definition) is 2. The molecule has 1 fully saturated rings. The molecule has 2 nitrogen and oxygen atoms in total. The lowest BCUT2D eigenvalue weighted by Gasteiger charge is -2.52. The van der Waals surface area contributed by atoms with Gasteiger partial charge in [0, 0.05) is 12.1 Å². The van der Waals surface area contributed by atoms with E-state index >= 15 is 0 Å². The lowest BCUT2D eigenvalue weighted by molar-refractivity contribution is -0.258. The van der Waals surface area contributed by atoms with Gasteiger partial charge in [-0.1, -0.05) is 52.9 Å². The highest BCUT2D eigenvalue weighted by Crippen LogP contribution is 2.43. The summed E-state index contributed by atoms with van der Waals surface area (Å²) in [6.07, 6.45) is 10.5. The minimum absolute atomic E-state index is 0.146. The average Bonchev–Trinajstić information content (AvgIpc) is 2.33. The molecule has 0 amide bonds. The van der Waals surface area contributed by atoms with Crippen LogP contribution in [0.5, 0.6) is 0 Å². The molecule has 1 saturated heterocycles. The number of nitrogens with zero attached hydrogens (tertiary/aromatic N) is 1. The predicted molar refractivity (Wildman–Crippen MR) is 83.1 cm³/mol. The highest BCUT2D eigenvalue weighted by atomic mass is 16.7. The van der Waals surface area contributed by atoms with Gasteiger partial charge in [0.05, 0.1) is 6.61 Å². The van der Waals surface area contributed by atoms with Crippen LogP contribution >= 0.6 is 0 Å². The van der Waals surface area contributed by atoms with Crippen molar-refractivity contribution in [3.05, 3.63) is 0 Å². The fraction of sp³-hybridized carbons (Fsp3) is 1.00. The average molecular weight is 269 g/mol. The second-order valence-corrected chi connectivity index (χ2v) is 7.25. The van der Waals surface area contributed by atoms with E-state index in [0.717, 1.165) is 13.2 Å². The zero-order valence-corrected chi connectivity index (χ0v) is 13.9. The summed E-state index contributed by atoms with van der Waals surface area (Å²) in [6.45, 7) is 13.6. The fourth-order valence-electron chi connectivity index (χ4n) is 2.87.